The molecule has 0 aliphatic heterocycles. The van der Waals surface area contributed by atoms with Crippen molar-refractivity contribution in [2.24, 2.45) is 0 Å². The summed E-state index contributed by atoms with van der Waals surface area (Å²) < 4.78 is 39.8. The van der Waals surface area contributed by atoms with E-state index < -0.39 is 17.7 Å². The number of pyridine rings is 1. The first kappa shape index (κ1) is 14.0. The molecular formula is C12H10BrF3N2O. The number of aromatic nitrogens is 2. The smallest absolute Gasteiger partial charge is 0.290 e. The van der Waals surface area contributed by atoms with Crippen molar-refractivity contribution >= 4 is 27.2 Å². The number of carbonyl (C=O) groups is 1. The fourth-order valence-corrected chi connectivity index (χ4v) is 2.34. The molecule has 0 atom stereocenters. The van der Waals surface area contributed by atoms with Crippen molar-refractivity contribution in [3.05, 3.63) is 34.3 Å². The summed E-state index contributed by atoms with van der Waals surface area (Å²) >= 11 is 3.26. The Morgan fingerprint density at radius 2 is 2.00 bits per heavy atom. The molecule has 3 nitrogen and oxygen atoms in total. The summed E-state index contributed by atoms with van der Waals surface area (Å²) in [6.45, 7) is 3.60. The summed E-state index contributed by atoms with van der Waals surface area (Å²) in [4.78, 5) is 15.3. The van der Waals surface area contributed by atoms with Gasteiger partial charge >= 0.3 is 6.18 Å². The maximum absolute atomic E-state index is 12.6. The molecule has 0 bridgehead atoms. The van der Waals surface area contributed by atoms with Crippen molar-refractivity contribution in [2.75, 3.05) is 0 Å². The van der Waals surface area contributed by atoms with Crippen molar-refractivity contribution < 1.29 is 18.0 Å². The van der Waals surface area contributed by atoms with E-state index in [-0.39, 0.29) is 11.4 Å². The molecule has 0 radical (unpaired) electrons. The lowest BCUT2D eigenvalue weighted by molar-refractivity contribution is -0.0887. The van der Waals surface area contributed by atoms with Gasteiger partial charge in [0.15, 0.2) is 0 Å². The van der Waals surface area contributed by atoms with Crippen LogP contribution in [-0.4, -0.2) is 21.3 Å². The van der Waals surface area contributed by atoms with E-state index in [0.29, 0.717) is 10.4 Å². The van der Waals surface area contributed by atoms with Gasteiger partial charge in [0.1, 0.15) is 11.5 Å². The lowest BCUT2D eigenvalue weighted by Crippen LogP contribution is -2.23. The number of alkyl halides is 3. The number of hydrogen-bond donors (Lipinski definition) is 0. The Kier molecular flexibility index (Phi) is 3.42. The highest BCUT2D eigenvalue weighted by molar-refractivity contribution is 9.10. The molecule has 0 saturated carbocycles. The summed E-state index contributed by atoms with van der Waals surface area (Å²) in [6.07, 6.45) is -4.93. The van der Waals surface area contributed by atoms with Crippen LogP contribution in [0, 0.1) is 0 Å². The van der Waals surface area contributed by atoms with Gasteiger partial charge in [-0.05, 0) is 28.1 Å². The van der Waals surface area contributed by atoms with Crippen LogP contribution in [0.4, 0.5) is 13.2 Å². The van der Waals surface area contributed by atoms with Gasteiger partial charge in [-0.3, -0.25) is 9.20 Å². The number of imidazole rings is 1. The molecule has 2 rings (SSSR count). The second kappa shape index (κ2) is 4.63. The first-order valence-electron chi connectivity index (χ1n) is 5.52. The largest absolute Gasteiger partial charge is 0.456 e. The molecule has 2 aromatic heterocycles. The van der Waals surface area contributed by atoms with Crippen molar-refractivity contribution in [1.82, 2.24) is 9.38 Å². The van der Waals surface area contributed by atoms with E-state index >= 15 is 0 Å². The molecule has 0 aliphatic carbocycles. The van der Waals surface area contributed by atoms with Crippen molar-refractivity contribution in [2.45, 2.75) is 25.9 Å². The third-order valence-corrected chi connectivity index (χ3v) is 3.25. The molecule has 19 heavy (non-hydrogen) atoms. The number of rotatable bonds is 2. The normalized spacial score (nSPS) is 12.4. The highest BCUT2D eigenvalue weighted by Gasteiger charge is 2.42. The van der Waals surface area contributed by atoms with Crippen LogP contribution in [0.1, 0.15) is 36.1 Å². The van der Waals surface area contributed by atoms with E-state index in [0.717, 1.165) is 0 Å². The molecule has 0 unspecified atom stereocenters. The third kappa shape index (κ3) is 2.39. The van der Waals surface area contributed by atoms with Gasteiger partial charge in [-0.25, -0.2) is 4.98 Å². The Morgan fingerprint density at radius 1 is 1.37 bits per heavy atom. The molecule has 0 aliphatic rings. The van der Waals surface area contributed by atoms with Crippen LogP contribution in [0.25, 0.3) is 5.52 Å². The van der Waals surface area contributed by atoms with Gasteiger partial charge in [-0.1, -0.05) is 19.9 Å². The fourth-order valence-electron chi connectivity index (χ4n) is 1.81. The molecule has 7 heteroatoms. The second-order valence-electron chi connectivity index (χ2n) is 4.37. The van der Waals surface area contributed by atoms with Gasteiger partial charge in [0.25, 0.3) is 5.78 Å². The molecule has 2 heterocycles. The van der Waals surface area contributed by atoms with E-state index in [2.05, 4.69) is 20.9 Å². The average Bonchev–Trinajstić information content (AvgIpc) is 2.67. The molecule has 0 aromatic carbocycles. The summed E-state index contributed by atoms with van der Waals surface area (Å²) in [7, 11) is 0. The standard InChI is InChI=1S/C12H10BrF3N2O/c1-6(2)11-17-9(10(19)12(14,15)16)7-4-3-5-8(13)18(7)11/h3-6H,1-2H3. The van der Waals surface area contributed by atoms with Crippen LogP contribution in [-0.2, 0) is 0 Å². The molecule has 2 aromatic rings. The average molecular weight is 335 g/mol. The number of halogens is 4. The number of fused-ring (bicyclic) bond motifs is 1. The highest BCUT2D eigenvalue weighted by atomic mass is 79.9. The van der Waals surface area contributed by atoms with Crippen molar-refractivity contribution in [3.8, 4) is 0 Å². The topological polar surface area (TPSA) is 34.4 Å². The van der Waals surface area contributed by atoms with Crippen LogP contribution in [0.15, 0.2) is 22.8 Å². The van der Waals surface area contributed by atoms with Gasteiger partial charge in [0.2, 0.25) is 0 Å². The van der Waals surface area contributed by atoms with Crippen molar-refractivity contribution in [3.63, 3.8) is 0 Å². The molecule has 0 saturated heterocycles. The summed E-state index contributed by atoms with van der Waals surface area (Å²) in [5.74, 6) is -1.62. The van der Waals surface area contributed by atoms with Gasteiger partial charge in [0, 0.05) is 5.92 Å². The minimum atomic E-state index is -4.93. The number of carbonyl (C=O) groups excluding carboxylic acids is 1. The fraction of sp³-hybridized carbons (Fsp3) is 0.333. The molecule has 0 spiro atoms. The van der Waals surface area contributed by atoms with E-state index in [1.54, 1.807) is 26.0 Å². The molecule has 0 amide bonds. The van der Waals surface area contributed by atoms with E-state index in [1.807, 2.05) is 0 Å². The zero-order valence-electron chi connectivity index (χ0n) is 10.1. The van der Waals surface area contributed by atoms with E-state index in [1.165, 1.54) is 10.5 Å². The van der Waals surface area contributed by atoms with Crippen molar-refractivity contribution in [1.29, 1.82) is 0 Å². The molecular weight excluding hydrogens is 325 g/mol. The van der Waals surface area contributed by atoms with Gasteiger partial charge in [-0.15, -0.1) is 0 Å². The number of ketones is 1. The van der Waals surface area contributed by atoms with Crippen LogP contribution in [0.3, 0.4) is 0 Å². The SMILES string of the molecule is CC(C)c1nc(C(=O)C(F)(F)F)c2cccc(Br)n12. The number of hydrogen-bond acceptors (Lipinski definition) is 2. The number of Topliss-reactive ketones (excluding diaryl/α,β-unsaturated/α-hetero) is 1. The highest BCUT2D eigenvalue weighted by Crippen LogP contribution is 2.28. The predicted molar refractivity (Wildman–Crippen MR) is 67.4 cm³/mol. The molecule has 0 N–H and O–H groups in total. The summed E-state index contributed by atoms with van der Waals surface area (Å²) in [5.41, 5.74) is -0.405. The van der Waals surface area contributed by atoms with E-state index in [9.17, 15) is 18.0 Å². The minimum absolute atomic E-state index is 0.110. The minimum Gasteiger partial charge on any atom is -0.290 e. The Labute approximate surface area is 115 Å². The summed E-state index contributed by atoms with van der Waals surface area (Å²) in [5, 5.41) is 0. The lowest BCUT2D eigenvalue weighted by Gasteiger charge is -2.05. The van der Waals surface area contributed by atoms with Crippen LogP contribution in [0.2, 0.25) is 0 Å². The quantitative estimate of drug-likeness (QED) is 0.615. The zero-order chi connectivity index (χ0) is 14.4. The Balaban J connectivity index is 2.77. The zero-order valence-corrected chi connectivity index (χ0v) is 11.7. The Morgan fingerprint density at radius 3 is 2.53 bits per heavy atom. The third-order valence-electron chi connectivity index (χ3n) is 2.63. The summed E-state index contributed by atoms with van der Waals surface area (Å²) in [6, 6.07) is 4.70. The van der Waals surface area contributed by atoms with Gasteiger partial charge in [-0.2, -0.15) is 13.2 Å². The first-order valence-corrected chi connectivity index (χ1v) is 6.31. The van der Waals surface area contributed by atoms with Gasteiger partial charge in [0.05, 0.1) is 10.1 Å². The Hall–Kier alpha value is -1.37. The molecule has 102 valence electrons. The lowest BCUT2D eigenvalue weighted by atomic mass is 10.2. The van der Waals surface area contributed by atoms with Crippen LogP contribution >= 0.6 is 15.9 Å². The monoisotopic (exact) mass is 334 g/mol. The Bertz CT molecular complexity index is 646. The molecule has 0 fully saturated rings. The number of nitrogens with zero attached hydrogens (tertiary/aromatic N) is 2. The first-order chi connectivity index (χ1) is 8.73. The predicted octanol–water partition coefficient (Wildman–Crippen LogP) is 3.97. The van der Waals surface area contributed by atoms with E-state index in [4.69, 9.17) is 0 Å². The van der Waals surface area contributed by atoms with Gasteiger partial charge < -0.3 is 0 Å². The van der Waals surface area contributed by atoms with Crippen LogP contribution in [0.5, 0.6) is 0 Å². The maximum Gasteiger partial charge on any atom is 0.456 e. The maximum atomic E-state index is 12.6. The van der Waals surface area contributed by atoms with Crippen LogP contribution < -0.4 is 0 Å². The second-order valence-corrected chi connectivity index (χ2v) is 5.18.